The van der Waals surface area contributed by atoms with Crippen LogP contribution in [0.15, 0.2) is 48.1 Å². The molecule has 41 heavy (non-hydrogen) atoms. The van der Waals surface area contributed by atoms with Crippen molar-refractivity contribution in [2.75, 3.05) is 6.61 Å². The molecule has 1 saturated heterocycles. The van der Waals surface area contributed by atoms with Crippen molar-refractivity contribution in [3.05, 3.63) is 59.2 Å². The lowest BCUT2D eigenvalue weighted by molar-refractivity contribution is -0.201. The third-order valence-corrected chi connectivity index (χ3v) is 12.8. The van der Waals surface area contributed by atoms with E-state index in [1.807, 2.05) is 18.2 Å². The van der Waals surface area contributed by atoms with Crippen LogP contribution in [0.4, 0.5) is 0 Å². The molecule has 1 aromatic rings. The summed E-state index contributed by atoms with van der Waals surface area (Å²) in [5, 5.41) is 22.0. The predicted molar refractivity (Wildman–Crippen MR) is 150 cm³/mol. The van der Waals surface area contributed by atoms with E-state index in [0.717, 1.165) is 49.7 Å². The van der Waals surface area contributed by atoms with Gasteiger partial charge in [-0.15, -0.1) is 0 Å². The van der Waals surface area contributed by atoms with E-state index in [-0.39, 0.29) is 40.3 Å². The van der Waals surface area contributed by atoms with Gasteiger partial charge in [-0.1, -0.05) is 49.8 Å². The van der Waals surface area contributed by atoms with Gasteiger partial charge in [-0.3, -0.25) is 9.59 Å². The summed E-state index contributed by atoms with van der Waals surface area (Å²) in [5.74, 6) is -0.167. The summed E-state index contributed by atoms with van der Waals surface area (Å²) < 4.78 is 13.3. The monoisotopic (exact) mass is 559 g/mol. The van der Waals surface area contributed by atoms with Crippen molar-refractivity contribution in [1.82, 2.24) is 0 Å². The van der Waals surface area contributed by atoms with Crippen LogP contribution in [0.5, 0.6) is 0 Å². The molecule has 6 saturated carbocycles. The van der Waals surface area contributed by atoms with E-state index in [1.54, 1.807) is 12.2 Å². The number of ketones is 2. The molecule has 7 aliphatic carbocycles. The van der Waals surface area contributed by atoms with E-state index in [2.05, 4.69) is 26.0 Å². The third kappa shape index (κ3) is 3.33. The molecule has 0 radical (unpaired) electrons. The number of benzene rings is 1. The largest absolute Gasteiger partial charge is 0.393 e. The van der Waals surface area contributed by atoms with Gasteiger partial charge in [0, 0.05) is 27.9 Å². The van der Waals surface area contributed by atoms with Crippen LogP contribution >= 0.6 is 0 Å². The molecule has 7 heteroatoms. The number of rotatable bonds is 5. The number of hydrogen-bond acceptors (Lipinski definition) is 7. The summed E-state index contributed by atoms with van der Waals surface area (Å²) in [6.45, 7) is 3.59. The Morgan fingerprint density at radius 3 is 2.56 bits per heavy atom. The van der Waals surface area contributed by atoms with Crippen LogP contribution < -0.4 is 5.73 Å². The van der Waals surface area contributed by atoms with Gasteiger partial charge in [-0.25, -0.2) is 0 Å². The summed E-state index contributed by atoms with van der Waals surface area (Å²) in [6, 6.07) is 8.35. The topological polar surface area (TPSA) is 119 Å². The lowest BCUT2D eigenvalue weighted by atomic mass is 9.38. The van der Waals surface area contributed by atoms with Crippen LogP contribution in [0.2, 0.25) is 0 Å². The molecule has 1 aromatic carbocycles. The fraction of sp³-hybridized carbons (Fsp3) is 0.647. The number of carbonyl (C=O) groups excluding carboxylic acids is 2. The second-order valence-corrected chi connectivity index (χ2v) is 15.1. The zero-order valence-electron chi connectivity index (χ0n) is 24.0. The van der Waals surface area contributed by atoms with Gasteiger partial charge in [-0.2, -0.15) is 0 Å². The molecular weight excluding hydrogens is 518 g/mol. The number of allylic oxidation sites excluding steroid dienone is 4. The van der Waals surface area contributed by atoms with Gasteiger partial charge < -0.3 is 25.4 Å². The normalized spacial score (nSPS) is 50.6. The number of ether oxygens (including phenoxy) is 2. The summed E-state index contributed by atoms with van der Waals surface area (Å²) in [4.78, 5) is 25.9. The Labute approximate surface area is 241 Å². The highest BCUT2D eigenvalue weighted by Gasteiger charge is 2.76. The van der Waals surface area contributed by atoms with Crippen LogP contribution in [0.25, 0.3) is 0 Å². The van der Waals surface area contributed by atoms with Gasteiger partial charge in [-0.05, 0) is 86.3 Å². The smallest absolute Gasteiger partial charge is 0.193 e. The summed E-state index contributed by atoms with van der Waals surface area (Å²) in [7, 11) is 0. The molecule has 7 nitrogen and oxygen atoms in total. The maximum atomic E-state index is 13.7. The van der Waals surface area contributed by atoms with Gasteiger partial charge >= 0.3 is 0 Å². The van der Waals surface area contributed by atoms with E-state index in [4.69, 9.17) is 15.2 Å². The maximum Gasteiger partial charge on any atom is 0.193 e. The first-order valence-corrected chi connectivity index (χ1v) is 15.4. The molecule has 9 rings (SSSR count). The fourth-order valence-corrected chi connectivity index (χ4v) is 11.3. The molecule has 8 aliphatic rings. The average Bonchev–Trinajstić information content (AvgIpc) is 3.40. The van der Waals surface area contributed by atoms with E-state index >= 15 is 0 Å². The number of fused-ring (bicyclic) bond motifs is 7. The Hall–Kier alpha value is -2.16. The highest BCUT2D eigenvalue weighted by atomic mass is 16.7. The number of aliphatic hydroxyl groups excluding tert-OH is 2. The van der Waals surface area contributed by atoms with Crippen molar-refractivity contribution in [1.29, 1.82) is 0 Å². The minimum Gasteiger partial charge on any atom is -0.393 e. The number of carbonyl (C=O) groups is 2. The molecule has 0 aromatic heterocycles. The first-order valence-electron chi connectivity index (χ1n) is 15.4. The SMILES string of the molecule is C[C@]12C=CC(=O)C=C1CC[C@@H]1[C@@H]2[C@@H](O)C[C@@]2(C)[C@H]1C[C@H]1O[C@H](c3ccc(CC45CC(N)(C4)C5)cc3)O[C@]12C(=O)CO. The second-order valence-electron chi connectivity index (χ2n) is 15.1. The van der Waals surface area contributed by atoms with E-state index in [9.17, 15) is 19.8 Å². The Bertz CT molecular complexity index is 1380. The molecule has 218 valence electrons. The molecule has 2 bridgehead atoms. The van der Waals surface area contributed by atoms with E-state index < -0.39 is 36.1 Å². The van der Waals surface area contributed by atoms with Crippen molar-refractivity contribution >= 4 is 11.6 Å². The van der Waals surface area contributed by atoms with Crippen molar-refractivity contribution in [3.8, 4) is 0 Å². The van der Waals surface area contributed by atoms with Gasteiger partial charge in [0.1, 0.15) is 6.61 Å². The predicted octanol–water partition coefficient (Wildman–Crippen LogP) is 3.71. The molecule has 9 atom stereocenters. The fourth-order valence-electron chi connectivity index (χ4n) is 11.3. The Morgan fingerprint density at radius 1 is 1.15 bits per heavy atom. The van der Waals surface area contributed by atoms with Crippen LogP contribution in [-0.4, -0.2) is 51.7 Å². The Kier molecular flexibility index (Phi) is 5.33. The third-order valence-electron chi connectivity index (χ3n) is 12.8. The summed E-state index contributed by atoms with van der Waals surface area (Å²) in [5.41, 5.74) is 7.57. The first kappa shape index (κ1) is 26.5. The van der Waals surface area contributed by atoms with Crippen molar-refractivity contribution in [3.63, 3.8) is 0 Å². The highest BCUT2D eigenvalue weighted by Crippen LogP contribution is 2.71. The first-order chi connectivity index (χ1) is 19.4. The van der Waals surface area contributed by atoms with Crippen molar-refractivity contribution in [2.45, 2.75) is 94.9 Å². The van der Waals surface area contributed by atoms with Crippen molar-refractivity contribution < 1.29 is 29.3 Å². The molecule has 1 aliphatic heterocycles. The Balaban J connectivity index is 1.08. The number of Topliss-reactive ketones (excluding diaryl/α,β-unsaturated/α-hetero) is 1. The molecule has 0 spiro atoms. The molecule has 7 fully saturated rings. The molecule has 0 unspecified atom stereocenters. The van der Waals surface area contributed by atoms with Gasteiger partial charge in [0.15, 0.2) is 23.5 Å². The minimum atomic E-state index is -1.32. The average molecular weight is 560 g/mol. The molecular formula is C34H41NO6. The number of nitrogens with two attached hydrogens (primary N) is 1. The molecule has 4 N–H and O–H groups in total. The molecule has 1 heterocycles. The zero-order valence-corrected chi connectivity index (χ0v) is 24.0. The zero-order chi connectivity index (χ0) is 28.6. The lowest BCUT2D eigenvalue weighted by Gasteiger charge is -2.69. The van der Waals surface area contributed by atoms with E-state index in [1.165, 1.54) is 5.56 Å². The summed E-state index contributed by atoms with van der Waals surface area (Å²) >= 11 is 0. The maximum absolute atomic E-state index is 13.7. The van der Waals surface area contributed by atoms with Crippen molar-refractivity contribution in [2.24, 2.45) is 39.7 Å². The lowest BCUT2D eigenvalue weighted by Crippen LogP contribution is -2.72. The molecule has 0 amide bonds. The quantitative estimate of drug-likeness (QED) is 0.503. The number of hydrogen-bond donors (Lipinski definition) is 3. The van der Waals surface area contributed by atoms with Gasteiger partial charge in [0.25, 0.3) is 0 Å². The second kappa shape index (κ2) is 8.26. The van der Waals surface area contributed by atoms with E-state index in [0.29, 0.717) is 18.3 Å². The van der Waals surface area contributed by atoms with Crippen LogP contribution in [0.1, 0.15) is 76.2 Å². The van der Waals surface area contributed by atoms with Crippen LogP contribution in [0, 0.1) is 34.0 Å². The minimum absolute atomic E-state index is 0.0122. The number of aliphatic hydroxyl groups is 2. The Morgan fingerprint density at radius 2 is 1.88 bits per heavy atom. The van der Waals surface area contributed by atoms with Gasteiger partial charge in [0.2, 0.25) is 0 Å². The standard InChI is InChI=1S/C34H41NO6/c1-30-10-9-22(37)11-21(30)7-8-23-24-12-27-34(26(39)15-36,31(24,2)14-25(38)28(23)30)41-29(40-27)20-5-3-19(4-6-20)13-32-16-33(35,17-32)18-32/h3-6,9-11,23-25,27-29,36,38H,7-8,12-18,35H2,1-2H3/t23-,24-,25-,27+,28+,29-,30-,31-,32?,33?,34+/m0/s1. The van der Waals surface area contributed by atoms with Gasteiger partial charge in [0.05, 0.1) is 12.2 Å². The van der Waals surface area contributed by atoms with Crippen LogP contribution in [-0.2, 0) is 25.5 Å². The van der Waals surface area contributed by atoms with Crippen LogP contribution in [0.3, 0.4) is 0 Å². The highest BCUT2D eigenvalue weighted by molar-refractivity contribution is 6.01. The summed E-state index contributed by atoms with van der Waals surface area (Å²) in [6.07, 6.45) is 10.5.